The van der Waals surface area contributed by atoms with E-state index < -0.39 is 12.1 Å². The third-order valence-corrected chi connectivity index (χ3v) is 7.42. The molecule has 4 rings (SSSR count). The number of likely N-dealkylation sites (tertiary alicyclic amines) is 1. The fourth-order valence-corrected chi connectivity index (χ4v) is 5.49. The lowest BCUT2D eigenvalue weighted by Gasteiger charge is -2.45. The molecule has 0 unspecified atom stereocenters. The van der Waals surface area contributed by atoms with Gasteiger partial charge >= 0.3 is 18.2 Å². The lowest BCUT2D eigenvalue weighted by atomic mass is 9.65. The van der Waals surface area contributed by atoms with E-state index in [9.17, 15) is 18.0 Å². The molecule has 2 aliphatic rings. The molecule has 214 valence electrons. The molecule has 0 radical (unpaired) electrons. The zero-order valence-electron chi connectivity index (χ0n) is 22.3. The molecule has 1 saturated carbocycles. The van der Waals surface area contributed by atoms with Crippen LogP contribution in [0.3, 0.4) is 0 Å². The number of likely N-dealkylation sites (N-methyl/N-ethyl adjacent to an activating group) is 1. The van der Waals surface area contributed by atoms with Crippen LogP contribution in [0, 0.1) is 0 Å². The predicted octanol–water partition coefficient (Wildman–Crippen LogP) is 4.66. The molecule has 0 bridgehead atoms. The van der Waals surface area contributed by atoms with Crippen LogP contribution in [0.25, 0.3) is 0 Å². The van der Waals surface area contributed by atoms with Gasteiger partial charge in [0.25, 0.3) is 0 Å². The Morgan fingerprint density at radius 2 is 1.64 bits per heavy atom. The zero-order chi connectivity index (χ0) is 28.8. The lowest BCUT2D eigenvalue weighted by molar-refractivity contribution is -0.192. The first kappa shape index (κ1) is 29.9. The molecule has 39 heavy (non-hydrogen) atoms. The van der Waals surface area contributed by atoms with Crippen molar-refractivity contribution < 1.29 is 42.1 Å². The Bertz CT molecular complexity index is 1160. The smallest absolute Gasteiger partial charge is 0.490 e. The summed E-state index contributed by atoms with van der Waals surface area (Å²) in [4.78, 5) is 24.0. The van der Waals surface area contributed by atoms with Crippen molar-refractivity contribution in [2.45, 2.75) is 49.4 Å². The van der Waals surface area contributed by atoms with E-state index in [1.54, 1.807) is 21.3 Å². The first-order chi connectivity index (χ1) is 18.4. The molecule has 1 saturated heterocycles. The SMILES string of the molecule is COc1ccccc1NC(=O)N[C@@H]1CC[C@@]2(c3ccc(OC)c(OC)c3)CCN(C)[C@H]2C1.O=C(O)C(F)(F)F. The highest BCUT2D eigenvalue weighted by atomic mass is 19.4. The summed E-state index contributed by atoms with van der Waals surface area (Å²) in [6.45, 7) is 1.04. The van der Waals surface area contributed by atoms with Gasteiger partial charge in [-0.05, 0) is 69.1 Å². The topological polar surface area (TPSA) is 109 Å². The second-order valence-corrected chi connectivity index (χ2v) is 9.55. The van der Waals surface area contributed by atoms with Crippen molar-refractivity contribution in [2.75, 3.05) is 40.2 Å². The molecule has 2 amide bonds. The summed E-state index contributed by atoms with van der Waals surface area (Å²) < 4.78 is 48.1. The second kappa shape index (κ2) is 12.5. The summed E-state index contributed by atoms with van der Waals surface area (Å²) in [5, 5.41) is 13.2. The number of alkyl halides is 3. The number of amides is 2. The van der Waals surface area contributed by atoms with Gasteiger partial charge in [0, 0.05) is 17.5 Å². The Kier molecular flexibility index (Phi) is 9.54. The Hall–Kier alpha value is -3.67. The van der Waals surface area contributed by atoms with Gasteiger partial charge < -0.3 is 34.9 Å². The normalized spacial score (nSPS) is 22.5. The average molecular weight is 554 g/mol. The van der Waals surface area contributed by atoms with Gasteiger partial charge in [-0.1, -0.05) is 18.2 Å². The minimum Gasteiger partial charge on any atom is -0.495 e. The number of fused-ring (bicyclic) bond motifs is 1. The number of carbonyl (C=O) groups is 2. The molecule has 3 N–H and O–H groups in total. The van der Waals surface area contributed by atoms with E-state index in [4.69, 9.17) is 24.1 Å². The molecule has 2 aromatic carbocycles. The van der Waals surface area contributed by atoms with Crippen LogP contribution in [-0.2, 0) is 10.2 Å². The predicted molar refractivity (Wildman–Crippen MR) is 139 cm³/mol. The van der Waals surface area contributed by atoms with Crippen molar-refractivity contribution in [3.05, 3.63) is 48.0 Å². The number of halogens is 3. The molecule has 0 aromatic heterocycles. The summed E-state index contributed by atoms with van der Waals surface area (Å²) in [5.41, 5.74) is 2.02. The van der Waals surface area contributed by atoms with Gasteiger partial charge in [-0.25, -0.2) is 9.59 Å². The molecule has 1 heterocycles. The number of methoxy groups -OCH3 is 3. The highest BCUT2D eigenvalue weighted by molar-refractivity contribution is 5.91. The minimum atomic E-state index is -5.08. The highest BCUT2D eigenvalue weighted by Crippen LogP contribution is 2.49. The summed E-state index contributed by atoms with van der Waals surface area (Å²) in [5.74, 6) is -0.593. The van der Waals surface area contributed by atoms with Crippen LogP contribution in [0.5, 0.6) is 17.2 Å². The Labute approximate surface area is 225 Å². The molecule has 1 aliphatic heterocycles. The van der Waals surface area contributed by atoms with Crippen LogP contribution < -0.4 is 24.8 Å². The van der Waals surface area contributed by atoms with Crippen molar-refractivity contribution >= 4 is 17.7 Å². The number of aliphatic carboxylic acids is 1. The average Bonchev–Trinajstić information content (AvgIpc) is 3.25. The van der Waals surface area contributed by atoms with Crippen molar-refractivity contribution in [2.24, 2.45) is 0 Å². The number of anilines is 1. The zero-order valence-corrected chi connectivity index (χ0v) is 22.3. The number of carboxylic acids is 1. The van der Waals surface area contributed by atoms with E-state index in [1.807, 2.05) is 30.3 Å². The van der Waals surface area contributed by atoms with E-state index in [1.165, 1.54) is 5.56 Å². The first-order valence-corrected chi connectivity index (χ1v) is 12.4. The molecular formula is C27H34F3N3O6. The number of benzene rings is 2. The molecule has 1 aliphatic carbocycles. The van der Waals surface area contributed by atoms with Gasteiger partial charge in [0.1, 0.15) is 5.75 Å². The summed E-state index contributed by atoms with van der Waals surface area (Å²) >= 11 is 0. The maximum Gasteiger partial charge on any atom is 0.490 e. The summed E-state index contributed by atoms with van der Waals surface area (Å²) in [6.07, 6.45) is -1.14. The van der Waals surface area contributed by atoms with Gasteiger partial charge in [-0.2, -0.15) is 13.2 Å². The molecule has 2 fully saturated rings. The molecule has 0 spiro atoms. The van der Waals surface area contributed by atoms with Gasteiger partial charge in [0.05, 0.1) is 27.0 Å². The van der Waals surface area contributed by atoms with Crippen LogP contribution >= 0.6 is 0 Å². The quantitative estimate of drug-likeness (QED) is 0.477. The van der Waals surface area contributed by atoms with Gasteiger partial charge in [0.15, 0.2) is 11.5 Å². The maximum atomic E-state index is 12.7. The van der Waals surface area contributed by atoms with Crippen molar-refractivity contribution in [3.63, 3.8) is 0 Å². The minimum absolute atomic E-state index is 0.0611. The standard InChI is InChI=1S/C25H33N3O4.C2HF3O2/c1-28-14-13-25(17-9-10-21(31-3)22(15-17)32-4)12-11-18(16-23(25)28)26-24(29)27-19-7-5-6-8-20(19)30-2;3-2(4,5)1(6)7/h5-10,15,18,23H,11-14,16H2,1-4H3,(H2,26,27,29);(H,6,7)/t18-,23+,25+;/m1./s1. The number of nitrogens with one attached hydrogen (secondary N) is 2. The number of ether oxygens (including phenoxy) is 3. The van der Waals surface area contributed by atoms with Crippen molar-refractivity contribution in [1.29, 1.82) is 0 Å². The third-order valence-electron chi connectivity index (χ3n) is 7.42. The van der Waals surface area contributed by atoms with E-state index in [0.717, 1.165) is 43.7 Å². The third kappa shape index (κ3) is 6.86. The van der Waals surface area contributed by atoms with Gasteiger partial charge in [0.2, 0.25) is 0 Å². The van der Waals surface area contributed by atoms with E-state index in [0.29, 0.717) is 17.5 Å². The highest BCUT2D eigenvalue weighted by Gasteiger charge is 2.50. The van der Waals surface area contributed by atoms with Crippen LogP contribution in [-0.4, -0.2) is 75.2 Å². The summed E-state index contributed by atoms with van der Waals surface area (Å²) in [6, 6.07) is 14.0. The molecular weight excluding hydrogens is 519 g/mol. The Balaban J connectivity index is 0.000000532. The molecule has 9 nitrogen and oxygen atoms in total. The number of carbonyl (C=O) groups excluding carboxylic acids is 1. The molecule has 12 heteroatoms. The fourth-order valence-electron chi connectivity index (χ4n) is 5.49. The number of hydrogen-bond acceptors (Lipinski definition) is 6. The number of para-hydroxylation sites is 2. The number of urea groups is 1. The van der Waals surface area contributed by atoms with E-state index in [-0.39, 0.29) is 17.5 Å². The molecule has 2 aromatic rings. The van der Waals surface area contributed by atoms with Crippen molar-refractivity contribution in [3.8, 4) is 17.2 Å². The van der Waals surface area contributed by atoms with Crippen LogP contribution in [0.2, 0.25) is 0 Å². The van der Waals surface area contributed by atoms with Crippen molar-refractivity contribution in [1.82, 2.24) is 10.2 Å². The summed E-state index contributed by atoms with van der Waals surface area (Å²) in [7, 11) is 7.13. The molecule has 3 atom stereocenters. The Morgan fingerprint density at radius 3 is 2.26 bits per heavy atom. The monoisotopic (exact) mass is 553 g/mol. The Morgan fingerprint density at radius 1 is 1.00 bits per heavy atom. The largest absolute Gasteiger partial charge is 0.495 e. The first-order valence-electron chi connectivity index (χ1n) is 12.4. The van der Waals surface area contributed by atoms with E-state index in [2.05, 4.69) is 34.7 Å². The van der Waals surface area contributed by atoms with Crippen LogP contribution in [0.1, 0.15) is 31.2 Å². The van der Waals surface area contributed by atoms with Crippen LogP contribution in [0.4, 0.5) is 23.7 Å². The maximum absolute atomic E-state index is 12.7. The van der Waals surface area contributed by atoms with Gasteiger partial charge in [-0.15, -0.1) is 0 Å². The lowest BCUT2D eigenvalue weighted by Crippen LogP contribution is -2.52. The number of hydrogen-bond donors (Lipinski definition) is 3. The number of carboxylic acid groups (broad SMARTS) is 1. The second-order valence-electron chi connectivity index (χ2n) is 9.55. The fraction of sp³-hybridized carbons (Fsp3) is 0.481. The number of nitrogens with zero attached hydrogens (tertiary/aromatic N) is 1. The number of rotatable bonds is 6. The van der Waals surface area contributed by atoms with Gasteiger partial charge in [-0.3, -0.25) is 0 Å². The van der Waals surface area contributed by atoms with Crippen LogP contribution in [0.15, 0.2) is 42.5 Å². The van der Waals surface area contributed by atoms with E-state index >= 15 is 0 Å².